The van der Waals surface area contributed by atoms with Gasteiger partial charge in [0.15, 0.2) is 0 Å². The molecule has 2 saturated heterocycles. The van der Waals surface area contributed by atoms with E-state index in [-0.39, 0.29) is 11.7 Å². The number of nitrogens with zero attached hydrogens (tertiary/aromatic N) is 6. The Bertz CT molecular complexity index is 677. The molecule has 8 heteroatoms. The maximum atomic E-state index is 6.43. The molecule has 2 fully saturated rings. The Balaban J connectivity index is 1.46. The zero-order chi connectivity index (χ0) is 17.1. The van der Waals surface area contributed by atoms with E-state index in [9.17, 15) is 0 Å². The number of ether oxygens (including phenoxy) is 2. The summed E-state index contributed by atoms with van der Waals surface area (Å²) in [5.41, 5.74) is 0.851. The molecule has 0 amide bonds. The van der Waals surface area contributed by atoms with Gasteiger partial charge in [-0.05, 0) is 24.8 Å². The predicted octanol–water partition coefficient (Wildman–Crippen LogP) is 1.09. The van der Waals surface area contributed by atoms with Gasteiger partial charge in [-0.2, -0.15) is 5.10 Å². The van der Waals surface area contributed by atoms with Crippen molar-refractivity contribution >= 4 is 5.95 Å². The monoisotopic (exact) mass is 344 g/mol. The quantitative estimate of drug-likeness (QED) is 0.821. The van der Waals surface area contributed by atoms with Gasteiger partial charge in [-0.25, -0.2) is 15.0 Å². The number of rotatable bonds is 4. The first-order chi connectivity index (χ1) is 12.3. The van der Waals surface area contributed by atoms with Crippen molar-refractivity contribution in [3.8, 4) is 0 Å². The van der Waals surface area contributed by atoms with Crippen LogP contribution in [0.15, 0.2) is 25.0 Å². The molecule has 1 spiro atoms. The normalized spacial score (nSPS) is 26.9. The van der Waals surface area contributed by atoms with Crippen LogP contribution in [0.25, 0.3) is 0 Å². The SMILES string of the molecule is CCc1cnc(N2CCOCC3(CCC(Cn4cncn4)O3)C2)nc1. The van der Waals surface area contributed by atoms with Gasteiger partial charge in [-0.3, -0.25) is 4.68 Å². The first kappa shape index (κ1) is 16.4. The first-order valence-electron chi connectivity index (χ1n) is 8.90. The fourth-order valence-corrected chi connectivity index (χ4v) is 3.55. The van der Waals surface area contributed by atoms with Gasteiger partial charge in [-0.15, -0.1) is 0 Å². The molecule has 0 saturated carbocycles. The molecule has 2 aliphatic rings. The van der Waals surface area contributed by atoms with E-state index in [1.165, 1.54) is 0 Å². The highest BCUT2D eigenvalue weighted by Gasteiger charge is 2.43. The Morgan fingerprint density at radius 2 is 2.20 bits per heavy atom. The lowest BCUT2D eigenvalue weighted by Crippen LogP contribution is -2.45. The maximum absolute atomic E-state index is 6.43. The summed E-state index contributed by atoms with van der Waals surface area (Å²) in [5.74, 6) is 0.755. The number of hydrogen-bond acceptors (Lipinski definition) is 7. The van der Waals surface area contributed by atoms with Crippen LogP contribution < -0.4 is 4.90 Å². The van der Waals surface area contributed by atoms with Crippen molar-refractivity contribution < 1.29 is 9.47 Å². The van der Waals surface area contributed by atoms with Gasteiger partial charge in [0.25, 0.3) is 0 Å². The van der Waals surface area contributed by atoms with Gasteiger partial charge in [0.2, 0.25) is 5.95 Å². The third kappa shape index (κ3) is 3.64. The van der Waals surface area contributed by atoms with Crippen LogP contribution in [-0.2, 0) is 22.4 Å². The van der Waals surface area contributed by atoms with Gasteiger partial charge >= 0.3 is 0 Å². The number of anilines is 1. The van der Waals surface area contributed by atoms with Gasteiger partial charge in [-0.1, -0.05) is 6.92 Å². The summed E-state index contributed by atoms with van der Waals surface area (Å²) in [6.07, 6.45) is 10.1. The van der Waals surface area contributed by atoms with Crippen LogP contribution in [-0.4, -0.2) is 62.7 Å². The Kier molecular flexibility index (Phi) is 4.63. The second kappa shape index (κ2) is 7.05. The third-order valence-electron chi connectivity index (χ3n) is 4.93. The van der Waals surface area contributed by atoms with Crippen molar-refractivity contribution in [2.75, 3.05) is 31.2 Å². The molecule has 0 aliphatic carbocycles. The maximum Gasteiger partial charge on any atom is 0.225 e. The molecule has 4 rings (SSSR count). The van der Waals surface area contributed by atoms with Crippen molar-refractivity contribution in [2.45, 2.75) is 44.4 Å². The fourth-order valence-electron chi connectivity index (χ4n) is 3.55. The minimum Gasteiger partial charge on any atom is -0.377 e. The van der Waals surface area contributed by atoms with Gasteiger partial charge in [0.1, 0.15) is 18.3 Å². The van der Waals surface area contributed by atoms with Crippen molar-refractivity contribution in [3.05, 3.63) is 30.6 Å². The lowest BCUT2D eigenvalue weighted by atomic mass is 10.0. The van der Waals surface area contributed by atoms with Crippen molar-refractivity contribution in [1.82, 2.24) is 24.7 Å². The lowest BCUT2D eigenvalue weighted by Gasteiger charge is -2.32. The van der Waals surface area contributed by atoms with Crippen LogP contribution in [0, 0.1) is 0 Å². The van der Waals surface area contributed by atoms with E-state index in [1.807, 2.05) is 17.1 Å². The molecular weight excluding hydrogens is 320 g/mol. The predicted molar refractivity (Wildman–Crippen MR) is 91.3 cm³/mol. The highest BCUT2D eigenvalue weighted by atomic mass is 16.6. The van der Waals surface area contributed by atoms with Crippen LogP contribution in [0.4, 0.5) is 5.95 Å². The molecule has 0 N–H and O–H groups in total. The van der Waals surface area contributed by atoms with Gasteiger partial charge in [0.05, 0.1) is 32.4 Å². The zero-order valence-electron chi connectivity index (χ0n) is 14.5. The molecule has 4 heterocycles. The summed E-state index contributed by atoms with van der Waals surface area (Å²) in [4.78, 5) is 15.2. The smallest absolute Gasteiger partial charge is 0.225 e. The topological polar surface area (TPSA) is 78.2 Å². The molecule has 2 aliphatic heterocycles. The van der Waals surface area contributed by atoms with E-state index in [0.717, 1.165) is 50.4 Å². The average Bonchev–Trinajstić information content (AvgIpc) is 3.23. The second-order valence-electron chi connectivity index (χ2n) is 6.80. The van der Waals surface area contributed by atoms with Crippen molar-refractivity contribution in [1.29, 1.82) is 0 Å². The molecule has 0 aromatic carbocycles. The fraction of sp³-hybridized carbons (Fsp3) is 0.647. The van der Waals surface area contributed by atoms with Gasteiger partial charge < -0.3 is 14.4 Å². The molecular formula is C17H24N6O2. The van der Waals surface area contributed by atoms with E-state index < -0.39 is 0 Å². The number of aryl methyl sites for hydroxylation is 1. The summed E-state index contributed by atoms with van der Waals surface area (Å²) in [5, 5.41) is 4.17. The van der Waals surface area contributed by atoms with Crippen LogP contribution in [0.5, 0.6) is 0 Å². The summed E-state index contributed by atoms with van der Waals surface area (Å²) in [6, 6.07) is 0. The van der Waals surface area contributed by atoms with E-state index in [2.05, 4.69) is 31.9 Å². The Morgan fingerprint density at radius 1 is 1.32 bits per heavy atom. The summed E-state index contributed by atoms with van der Waals surface area (Å²) in [6.45, 7) is 5.65. The van der Waals surface area contributed by atoms with Crippen LogP contribution in [0.2, 0.25) is 0 Å². The molecule has 2 aromatic rings. The summed E-state index contributed by atoms with van der Waals surface area (Å²) >= 11 is 0. The third-order valence-corrected chi connectivity index (χ3v) is 4.93. The van der Waals surface area contributed by atoms with E-state index >= 15 is 0 Å². The first-order valence-corrected chi connectivity index (χ1v) is 8.90. The number of aromatic nitrogens is 5. The summed E-state index contributed by atoms with van der Waals surface area (Å²) in [7, 11) is 0. The Morgan fingerprint density at radius 3 is 2.96 bits per heavy atom. The van der Waals surface area contributed by atoms with E-state index in [4.69, 9.17) is 9.47 Å². The lowest BCUT2D eigenvalue weighted by molar-refractivity contribution is -0.0807. The van der Waals surface area contributed by atoms with Crippen molar-refractivity contribution in [2.24, 2.45) is 0 Å². The molecule has 25 heavy (non-hydrogen) atoms. The molecule has 8 nitrogen and oxygen atoms in total. The molecule has 2 atom stereocenters. The highest BCUT2D eigenvalue weighted by molar-refractivity contribution is 5.31. The minimum atomic E-state index is -0.297. The Hall–Kier alpha value is -2.06. The van der Waals surface area contributed by atoms with Crippen LogP contribution >= 0.6 is 0 Å². The largest absolute Gasteiger partial charge is 0.377 e. The summed E-state index contributed by atoms with van der Waals surface area (Å²) < 4.78 is 14.1. The van der Waals surface area contributed by atoms with E-state index in [0.29, 0.717) is 13.2 Å². The number of hydrogen-bond donors (Lipinski definition) is 0. The molecule has 2 unspecified atom stereocenters. The van der Waals surface area contributed by atoms with Crippen LogP contribution in [0.1, 0.15) is 25.3 Å². The molecule has 0 radical (unpaired) electrons. The molecule has 2 aromatic heterocycles. The van der Waals surface area contributed by atoms with Gasteiger partial charge in [0, 0.05) is 18.9 Å². The zero-order valence-corrected chi connectivity index (χ0v) is 14.5. The Labute approximate surface area is 147 Å². The molecule has 0 bridgehead atoms. The van der Waals surface area contributed by atoms with Crippen molar-refractivity contribution in [3.63, 3.8) is 0 Å². The average molecular weight is 344 g/mol. The second-order valence-corrected chi connectivity index (χ2v) is 6.80. The van der Waals surface area contributed by atoms with E-state index in [1.54, 1.807) is 12.7 Å². The highest BCUT2D eigenvalue weighted by Crippen LogP contribution is 2.34. The molecule has 134 valence electrons. The van der Waals surface area contributed by atoms with Crippen LogP contribution in [0.3, 0.4) is 0 Å². The minimum absolute atomic E-state index is 0.133. The standard InChI is InChI=1S/C17H24N6O2/c1-2-14-7-19-16(20-8-14)22-5-6-24-11-17(10-22)4-3-15(25-17)9-23-13-18-12-21-23/h7-8,12-13,15H,2-6,9-11H2,1H3.